The van der Waals surface area contributed by atoms with Crippen molar-refractivity contribution in [2.75, 3.05) is 6.61 Å². The van der Waals surface area contributed by atoms with Gasteiger partial charge in [0.1, 0.15) is 12.3 Å². The number of rotatable bonds is 5. The number of para-hydroxylation sites is 2. The highest BCUT2D eigenvalue weighted by atomic mass is 79.9. The molecule has 146 valence electrons. The van der Waals surface area contributed by atoms with Crippen LogP contribution in [0, 0.1) is 0 Å². The molecule has 0 aliphatic carbocycles. The maximum atomic E-state index is 12.7. The molecule has 1 aliphatic heterocycles. The molecule has 0 amide bonds. The summed E-state index contributed by atoms with van der Waals surface area (Å²) in [7, 11) is 0. The zero-order valence-electron chi connectivity index (χ0n) is 15.9. The van der Waals surface area contributed by atoms with Crippen LogP contribution in [-0.4, -0.2) is 17.0 Å². The number of fused-ring (bicyclic) bond motifs is 2. The first-order valence-corrected chi connectivity index (χ1v) is 9.58. The van der Waals surface area contributed by atoms with Gasteiger partial charge in [-0.25, -0.2) is 9.13 Å². The van der Waals surface area contributed by atoms with Crippen molar-refractivity contribution in [2.45, 2.75) is 19.5 Å². The van der Waals surface area contributed by atoms with Crippen LogP contribution >= 0.6 is 0 Å². The van der Waals surface area contributed by atoms with Crippen molar-refractivity contribution in [3.63, 3.8) is 0 Å². The fraction of sp³-hybridized carbons (Fsp3) is 0.167. The van der Waals surface area contributed by atoms with Gasteiger partial charge in [-0.05, 0) is 35.4 Å². The Balaban J connectivity index is 0.00000205. The molecule has 0 saturated heterocycles. The van der Waals surface area contributed by atoms with Crippen molar-refractivity contribution in [1.29, 1.82) is 0 Å². The number of ketones is 1. The first kappa shape index (κ1) is 19.4. The van der Waals surface area contributed by atoms with Crippen molar-refractivity contribution < 1.29 is 31.1 Å². The lowest BCUT2D eigenvalue weighted by Crippen LogP contribution is -3.00. The molecule has 0 N–H and O–H groups in total. The Morgan fingerprint density at radius 1 is 1.00 bits per heavy atom. The number of hydrogen-bond donors (Lipinski definition) is 0. The Kier molecular flexibility index (Phi) is 5.49. The summed E-state index contributed by atoms with van der Waals surface area (Å²) in [6, 6.07) is 24.1. The Labute approximate surface area is 180 Å². The van der Waals surface area contributed by atoms with Crippen LogP contribution in [0.2, 0.25) is 0 Å². The third-order valence-electron chi connectivity index (χ3n) is 5.30. The number of aromatic nitrogens is 2. The van der Waals surface area contributed by atoms with E-state index in [2.05, 4.69) is 41.2 Å². The van der Waals surface area contributed by atoms with E-state index < -0.39 is 0 Å². The summed E-state index contributed by atoms with van der Waals surface area (Å²) >= 11 is 0. The minimum atomic E-state index is 0. The van der Waals surface area contributed by atoms with E-state index >= 15 is 0 Å². The molecular formula is C24H21BrN2O2. The normalized spacial score (nSPS) is 12.3. The van der Waals surface area contributed by atoms with Crippen molar-refractivity contribution in [3.05, 3.63) is 95.8 Å². The Morgan fingerprint density at radius 3 is 2.66 bits per heavy atom. The second-order valence-electron chi connectivity index (χ2n) is 7.19. The molecule has 5 heteroatoms. The minimum absolute atomic E-state index is 0. The lowest BCUT2D eigenvalue weighted by molar-refractivity contribution is -0.663. The summed E-state index contributed by atoms with van der Waals surface area (Å²) in [4.78, 5) is 12.7. The van der Waals surface area contributed by atoms with E-state index in [4.69, 9.17) is 4.74 Å². The van der Waals surface area contributed by atoms with Gasteiger partial charge in [0.05, 0.1) is 6.61 Å². The van der Waals surface area contributed by atoms with E-state index in [0.29, 0.717) is 6.54 Å². The standard InChI is InChI=1S/C24H21N2O2.BrH/c27-23(19-6-2-1-3-7-19)16-26-17-25(21-8-4-5-9-22(21)26)15-18-10-11-24-20(14-18)12-13-28-24;/h1-11,14,17H,12-13,15-16H2;1H/q+1;/p-1. The van der Waals surface area contributed by atoms with E-state index in [9.17, 15) is 4.79 Å². The second-order valence-corrected chi connectivity index (χ2v) is 7.19. The van der Waals surface area contributed by atoms with Gasteiger partial charge in [-0.2, -0.15) is 0 Å². The van der Waals surface area contributed by atoms with Crippen molar-refractivity contribution in [1.82, 2.24) is 4.57 Å². The van der Waals surface area contributed by atoms with E-state index in [-0.39, 0.29) is 22.8 Å². The fourth-order valence-corrected chi connectivity index (χ4v) is 3.90. The second kappa shape index (κ2) is 8.21. The van der Waals surface area contributed by atoms with E-state index in [1.165, 1.54) is 11.1 Å². The van der Waals surface area contributed by atoms with Crippen LogP contribution in [0.1, 0.15) is 21.5 Å². The molecular weight excluding hydrogens is 428 g/mol. The number of Topliss-reactive ketones (excluding diaryl/α,β-unsaturated/α-hetero) is 1. The summed E-state index contributed by atoms with van der Waals surface area (Å²) in [6.07, 6.45) is 3.02. The van der Waals surface area contributed by atoms with Crippen LogP contribution in [-0.2, 0) is 19.5 Å². The largest absolute Gasteiger partial charge is 1.00 e. The highest BCUT2D eigenvalue weighted by Gasteiger charge is 2.19. The summed E-state index contributed by atoms with van der Waals surface area (Å²) < 4.78 is 9.87. The van der Waals surface area contributed by atoms with Crippen LogP contribution in [0.25, 0.3) is 11.0 Å². The third-order valence-corrected chi connectivity index (χ3v) is 5.30. The van der Waals surface area contributed by atoms with Crippen LogP contribution < -0.4 is 26.3 Å². The molecule has 4 nitrogen and oxygen atoms in total. The maximum Gasteiger partial charge on any atom is 0.245 e. The van der Waals surface area contributed by atoms with Gasteiger partial charge >= 0.3 is 0 Å². The zero-order valence-corrected chi connectivity index (χ0v) is 17.5. The summed E-state index contributed by atoms with van der Waals surface area (Å²) in [6.45, 7) is 1.86. The van der Waals surface area contributed by atoms with Crippen molar-refractivity contribution >= 4 is 16.8 Å². The van der Waals surface area contributed by atoms with Gasteiger partial charge in [-0.1, -0.05) is 48.5 Å². The van der Waals surface area contributed by atoms with Gasteiger partial charge in [-0.15, -0.1) is 0 Å². The number of carbonyl (C=O) groups excluding carboxylic acids is 1. The van der Waals surface area contributed by atoms with Crippen LogP contribution in [0.5, 0.6) is 5.75 Å². The smallest absolute Gasteiger partial charge is 0.245 e. The van der Waals surface area contributed by atoms with Gasteiger partial charge in [0.15, 0.2) is 17.6 Å². The molecule has 0 spiro atoms. The molecule has 0 fully saturated rings. The number of nitrogens with zero attached hydrogens (tertiary/aromatic N) is 2. The predicted molar refractivity (Wildman–Crippen MR) is 108 cm³/mol. The first-order valence-electron chi connectivity index (χ1n) is 9.58. The Hall–Kier alpha value is -2.92. The third kappa shape index (κ3) is 3.83. The Morgan fingerprint density at radius 2 is 1.79 bits per heavy atom. The number of benzene rings is 3. The van der Waals surface area contributed by atoms with Gasteiger partial charge < -0.3 is 21.7 Å². The molecule has 0 atom stereocenters. The lowest BCUT2D eigenvalue weighted by atomic mass is 10.1. The minimum Gasteiger partial charge on any atom is -1.00 e. The molecule has 1 aliphatic rings. The van der Waals surface area contributed by atoms with Crippen LogP contribution in [0.4, 0.5) is 0 Å². The fourth-order valence-electron chi connectivity index (χ4n) is 3.90. The first-order chi connectivity index (χ1) is 13.8. The molecule has 0 saturated carbocycles. The topological polar surface area (TPSA) is 35.1 Å². The quantitative estimate of drug-likeness (QED) is 0.334. The summed E-state index contributed by atoms with van der Waals surface area (Å²) in [5, 5.41) is 0. The molecule has 2 heterocycles. The van der Waals surface area contributed by atoms with E-state index in [0.717, 1.165) is 41.9 Å². The molecule has 29 heavy (non-hydrogen) atoms. The highest BCUT2D eigenvalue weighted by Crippen LogP contribution is 2.26. The maximum absolute atomic E-state index is 12.7. The lowest BCUT2D eigenvalue weighted by Gasteiger charge is -2.02. The van der Waals surface area contributed by atoms with Crippen LogP contribution in [0.3, 0.4) is 0 Å². The highest BCUT2D eigenvalue weighted by molar-refractivity contribution is 5.96. The molecule has 0 radical (unpaired) electrons. The van der Waals surface area contributed by atoms with Crippen LogP contribution in [0.15, 0.2) is 79.1 Å². The average Bonchev–Trinajstić information content (AvgIpc) is 3.34. The number of carbonyl (C=O) groups is 1. The van der Waals surface area contributed by atoms with E-state index in [1.54, 1.807) is 0 Å². The summed E-state index contributed by atoms with van der Waals surface area (Å²) in [5.41, 5.74) is 5.45. The average molecular weight is 449 g/mol. The number of ether oxygens (including phenoxy) is 1. The monoisotopic (exact) mass is 448 g/mol. The molecule has 5 rings (SSSR count). The number of hydrogen-bond acceptors (Lipinski definition) is 2. The van der Waals surface area contributed by atoms with Crippen molar-refractivity contribution in [3.8, 4) is 5.75 Å². The summed E-state index contributed by atoms with van der Waals surface area (Å²) in [5.74, 6) is 1.12. The Bertz CT molecular complexity index is 1170. The number of imidazole rings is 1. The zero-order chi connectivity index (χ0) is 18.9. The van der Waals surface area contributed by atoms with Gasteiger partial charge in [0.25, 0.3) is 0 Å². The van der Waals surface area contributed by atoms with Gasteiger partial charge in [-0.3, -0.25) is 4.79 Å². The molecule has 4 aromatic rings. The van der Waals surface area contributed by atoms with Crippen molar-refractivity contribution in [2.24, 2.45) is 0 Å². The van der Waals surface area contributed by atoms with Gasteiger partial charge in [0.2, 0.25) is 12.1 Å². The SMILES string of the molecule is O=C(Cn1c[n+](Cc2ccc3c(c2)CCO3)c2ccccc21)c1ccccc1.[Br-]. The molecule has 0 bridgehead atoms. The molecule has 1 aromatic heterocycles. The molecule has 0 unspecified atom stereocenters. The van der Waals surface area contributed by atoms with Gasteiger partial charge in [0, 0.05) is 12.0 Å². The van der Waals surface area contributed by atoms with E-state index in [1.807, 2.05) is 47.0 Å². The number of halogens is 1. The molecule has 3 aromatic carbocycles. The predicted octanol–water partition coefficient (Wildman–Crippen LogP) is 0.799.